The smallest absolute Gasteiger partial charge is 0.265 e. The Morgan fingerprint density at radius 3 is 2.84 bits per heavy atom. The average molecular weight is 450 g/mol. The maximum Gasteiger partial charge on any atom is 0.265 e. The van der Waals surface area contributed by atoms with Gasteiger partial charge in [0.2, 0.25) is 17.7 Å². The molecule has 2 amide bonds. The quantitative estimate of drug-likeness (QED) is 0.675. The number of amides is 2. The molecule has 0 unspecified atom stereocenters. The summed E-state index contributed by atoms with van der Waals surface area (Å²) in [5, 5.41) is 10.2. The number of carbonyl (C=O) groups is 2. The molecule has 0 aromatic heterocycles. The summed E-state index contributed by atoms with van der Waals surface area (Å²) < 4.78 is 33.1. The van der Waals surface area contributed by atoms with Crippen molar-refractivity contribution in [2.45, 2.75) is 55.8 Å². The van der Waals surface area contributed by atoms with E-state index in [9.17, 15) is 23.5 Å². The molecule has 10 heteroatoms. The highest BCUT2D eigenvalue weighted by molar-refractivity contribution is 5.89. The Labute approximate surface area is 185 Å². The van der Waals surface area contributed by atoms with E-state index in [0.29, 0.717) is 18.9 Å². The van der Waals surface area contributed by atoms with Crippen molar-refractivity contribution in [2.75, 3.05) is 26.2 Å². The molecule has 8 nitrogen and oxygen atoms in total. The fourth-order valence-corrected chi connectivity index (χ4v) is 4.49. The summed E-state index contributed by atoms with van der Waals surface area (Å²) in [5.74, 6) is -3.24. The minimum absolute atomic E-state index is 0.116. The summed E-state index contributed by atoms with van der Waals surface area (Å²) in [4.78, 5) is 32.0. The van der Waals surface area contributed by atoms with E-state index in [1.807, 2.05) is 30.3 Å². The molecule has 1 aromatic carbocycles. The van der Waals surface area contributed by atoms with Crippen molar-refractivity contribution in [1.29, 1.82) is 0 Å². The highest BCUT2D eigenvalue weighted by Crippen LogP contribution is 2.30. The van der Waals surface area contributed by atoms with Gasteiger partial charge >= 0.3 is 0 Å². The second kappa shape index (κ2) is 9.11. The highest BCUT2D eigenvalue weighted by Gasteiger charge is 2.42. The standard InChI is InChI=1S/C22H28F2N4O4/c23-22(24)7-6-19(30)27(13-22)10-15(25)8-20(31)28-11-16(29)9-18(28)21-26-17(12-32-21)14-4-2-1-3-5-14/h1-5,15-18,29H,6-13,25H2/t15-,16-,17-,18+/m1/s1. The number of ether oxygens (including phenoxy) is 1. The lowest BCUT2D eigenvalue weighted by Crippen LogP contribution is -2.51. The number of likely N-dealkylation sites (tertiary alicyclic amines) is 2. The molecular weight excluding hydrogens is 422 g/mol. The molecule has 1 aromatic rings. The third-order valence-corrected chi connectivity index (χ3v) is 6.11. The fourth-order valence-electron chi connectivity index (χ4n) is 4.49. The molecule has 3 heterocycles. The molecule has 0 spiro atoms. The van der Waals surface area contributed by atoms with E-state index in [0.717, 1.165) is 10.5 Å². The molecule has 3 N–H and O–H groups in total. The van der Waals surface area contributed by atoms with E-state index in [1.165, 1.54) is 4.90 Å². The van der Waals surface area contributed by atoms with Gasteiger partial charge in [-0.25, -0.2) is 13.8 Å². The van der Waals surface area contributed by atoms with Gasteiger partial charge in [-0.2, -0.15) is 0 Å². The second-order valence-electron chi connectivity index (χ2n) is 8.75. The van der Waals surface area contributed by atoms with Gasteiger partial charge in [-0.05, 0) is 5.56 Å². The molecule has 3 aliphatic rings. The third-order valence-electron chi connectivity index (χ3n) is 6.11. The van der Waals surface area contributed by atoms with Crippen LogP contribution in [0.15, 0.2) is 35.3 Å². The number of benzene rings is 1. The van der Waals surface area contributed by atoms with E-state index in [-0.39, 0.29) is 43.8 Å². The molecule has 0 radical (unpaired) electrons. The molecule has 174 valence electrons. The average Bonchev–Trinajstić information content (AvgIpc) is 3.38. The lowest BCUT2D eigenvalue weighted by atomic mass is 10.0. The van der Waals surface area contributed by atoms with Crippen LogP contribution in [0.3, 0.4) is 0 Å². The number of aliphatic hydroxyl groups excluding tert-OH is 1. The molecule has 4 atom stereocenters. The Morgan fingerprint density at radius 1 is 1.34 bits per heavy atom. The first kappa shape index (κ1) is 22.6. The van der Waals surface area contributed by atoms with Crippen LogP contribution in [-0.2, 0) is 14.3 Å². The number of halogens is 2. The summed E-state index contributed by atoms with van der Waals surface area (Å²) >= 11 is 0. The Hall–Kier alpha value is -2.59. The zero-order valence-corrected chi connectivity index (χ0v) is 17.7. The number of aliphatic imine (C=N–C) groups is 1. The van der Waals surface area contributed by atoms with Gasteiger partial charge in [-0.3, -0.25) is 9.59 Å². The number of hydrogen-bond acceptors (Lipinski definition) is 6. The highest BCUT2D eigenvalue weighted by atomic mass is 19.3. The lowest BCUT2D eigenvalue weighted by Gasteiger charge is -2.34. The molecule has 0 aliphatic carbocycles. The predicted octanol–water partition coefficient (Wildman–Crippen LogP) is 1.09. The van der Waals surface area contributed by atoms with Crippen LogP contribution in [0.4, 0.5) is 8.78 Å². The van der Waals surface area contributed by atoms with Crippen molar-refractivity contribution in [1.82, 2.24) is 9.80 Å². The van der Waals surface area contributed by atoms with Crippen molar-refractivity contribution in [3.05, 3.63) is 35.9 Å². The molecule has 32 heavy (non-hydrogen) atoms. The minimum atomic E-state index is -2.94. The van der Waals surface area contributed by atoms with E-state index >= 15 is 0 Å². The zero-order chi connectivity index (χ0) is 22.9. The number of hydrogen-bond donors (Lipinski definition) is 2. The van der Waals surface area contributed by atoms with Crippen molar-refractivity contribution in [2.24, 2.45) is 10.7 Å². The van der Waals surface area contributed by atoms with Crippen molar-refractivity contribution >= 4 is 17.7 Å². The van der Waals surface area contributed by atoms with Crippen LogP contribution in [0.5, 0.6) is 0 Å². The van der Waals surface area contributed by atoms with Crippen LogP contribution in [0.2, 0.25) is 0 Å². The minimum Gasteiger partial charge on any atom is -0.477 e. The van der Waals surface area contributed by atoms with E-state index in [4.69, 9.17) is 10.5 Å². The van der Waals surface area contributed by atoms with Gasteiger partial charge in [-0.1, -0.05) is 30.3 Å². The van der Waals surface area contributed by atoms with Crippen LogP contribution >= 0.6 is 0 Å². The SMILES string of the molecule is N[C@H](CC(=O)N1C[C@H](O)C[C@H]1C1=N[C@@H](c2ccccc2)CO1)CN1CC(F)(F)CCC1=O. The molecule has 0 saturated carbocycles. The van der Waals surface area contributed by atoms with Gasteiger partial charge in [0.25, 0.3) is 5.92 Å². The largest absolute Gasteiger partial charge is 0.477 e. The molecule has 3 aliphatic heterocycles. The van der Waals surface area contributed by atoms with Crippen LogP contribution in [0.1, 0.15) is 37.3 Å². The van der Waals surface area contributed by atoms with Gasteiger partial charge in [0.15, 0.2) is 0 Å². The van der Waals surface area contributed by atoms with Crippen LogP contribution in [-0.4, -0.2) is 83.0 Å². The Bertz CT molecular complexity index is 882. The predicted molar refractivity (Wildman–Crippen MR) is 112 cm³/mol. The number of aliphatic hydroxyl groups is 1. The maximum absolute atomic E-state index is 13.6. The number of nitrogens with zero attached hydrogens (tertiary/aromatic N) is 3. The van der Waals surface area contributed by atoms with E-state index in [2.05, 4.69) is 4.99 Å². The fraction of sp³-hybridized carbons (Fsp3) is 0.591. The number of nitrogens with two attached hydrogens (primary N) is 1. The lowest BCUT2D eigenvalue weighted by molar-refractivity contribution is -0.147. The first-order valence-corrected chi connectivity index (χ1v) is 10.9. The number of piperidine rings is 1. The van der Waals surface area contributed by atoms with E-state index < -0.39 is 37.1 Å². The first-order chi connectivity index (χ1) is 15.2. The van der Waals surface area contributed by atoms with Gasteiger partial charge in [0.1, 0.15) is 18.7 Å². The van der Waals surface area contributed by atoms with Crippen molar-refractivity contribution in [3.63, 3.8) is 0 Å². The molecule has 2 fully saturated rings. The topological polar surface area (TPSA) is 108 Å². The summed E-state index contributed by atoms with van der Waals surface area (Å²) in [5.41, 5.74) is 7.05. The van der Waals surface area contributed by atoms with E-state index in [1.54, 1.807) is 0 Å². The number of alkyl halides is 2. The Kier molecular flexibility index (Phi) is 6.43. The molecule has 4 rings (SSSR count). The number of rotatable bonds is 6. The number of carbonyl (C=O) groups excluding carboxylic acids is 2. The van der Waals surface area contributed by atoms with Gasteiger partial charge < -0.3 is 25.4 Å². The molecule has 2 saturated heterocycles. The van der Waals surface area contributed by atoms with Gasteiger partial charge in [0, 0.05) is 44.8 Å². The van der Waals surface area contributed by atoms with Crippen molar-refractivity contribution < 1.29 is 28.2 Å². The second-order valence-corrected chi connectivity index (χ2v) is 8.75. The Morgan fingerprint density at radius 2 is 2.09 bits per heavy atom. The number of β-amino-alcohol motifs (C(OH)–C–C–N with tert-alkyl or cyclic N) is 1. The Balaban J connectivity index is 1.38. The van der Waals surface area contributed by atoms with Crippen LogP contribution in [0.25, 0.3) is 0 Å². The normalized spacial score (nSPS) is 28.4. The first-order valence-electron chi connectivity index (χ1n) is 10.9. The molecular formula is C22H28F2N4O4. The zero-order valence-electron chi connectivity index (χ0n) is 17.7. The summed E-state index contributed by atoms with van der Waals surface area (Å²) in [6, 6.07) is 8.20. The van der Waals surface area contributed by atoms with Gasteiger partial charge in [0.05, 0.1) is 12.6 Å². The summed E-state index contributed by atoms with van der Waals surface area (Å²) in [6.07, 6.45) is -1.24. The van der Waals surface area contributed by atoms with Crippen LogP contribution < -0.4 is 5.73 Å². The third kappa shape index (κ3) is 5.07. The van der Waals surface area contributed by atoms with Crippen molar-refractivity contribution in [3.8, 4) is 0 Å². The van der Waals surface area contributed by atoms with Crippen LogP contribution in [0, 0.1) is 0 Å². The summed E-state index contributed by atoms with van der Waals surface area (Å²) in [7, 11) is 0. The molecule has 0 bridgehead atoms. The summed E-state index contributed by atoms with van der Waals surface area (Å²) in [6.45, 7) is -0.312. The van der Waals surface area contributed by atoms with Gasteiger partial charge in [-0.15, -0.1) is 0 Å². The maximum atomic E-state index is 13.6. The monoisotopic (exact) mass is 450 g/mol.